The van der Waals surface area contributed by atoms with E-state index in [4.69, 9.17) is 4.74 Å². The number of benzene rings is 1. The van der Waals surface area contributed by atoms with E-state index in [2.05, 4.69) is 23.4 Å². The molecule has 0 fully saturated rings. The van der Waals surface area contributed by atoms with Crippen LogP contribution in [0.1, 0.15) is 42.5 Å². The lowest BCUT2D eigenvalue weighted by atomic mass is 10.0. The SMILES string of the molecule is COc1ccc(C(=O)N2CCCn3ccnc3C2C(C)C)cc1F. The van der Waals surface area contributed by atoms with Crippen LogP contribution in [0.3, 0.4) is 0 Å². The molecule has 1 aliphatic rings. The maximum Gasteiger partial charge on any atom is 0.254 e. The van der Waals surface area contributed by atoms with Gasteiger partial charge in [-0.3, -0.25) is 4.79 Å². The van der Waals surface area contributed by atoms with E-state index in [1.165, 1.54) is 19.2 Å². The Kier molecular flexibility index (Phi) is 4.55. The lowest BCUT2D eigenvalue weighted by Gasteiger charge is -2.32. The van der Waals surface area contributed by atoms with Crippen LogP contribution in [-0.4, -0.2) is 34.0 Å². The number of imidazole rings is 1. The first-order valence-electron chi connectivity index (χ1n) is 8.18. The highest BCUT2D eigenvalue weighted by Gasteiger charge is 2.33. The molecule has 1 atom stereocenters. The van der Waals surface area contributed by atoms with Crippen molar-refractivity contribution in [1.29, 1.82) is 0 Å². The minimum Gasteiger partial charge on any atom is -0.494 e. The van der Waals surface area contributed by atoms with Gasteiger partial charge >= 0.3 is 0 Å². The number of aryl methyl sites for hydroxylation is 1. The van der Waals surface area contributed by atoms with Crippen LogP contribution < -0.4 is 4.74 Å². The van der Waals surface area contributed by atoms with Gasteiger partial charge in [0.2, 0.25) is 0 Å². The van der Waals surface area contributed by atoms with E-state index in [1.807, 2.05) is 11.1 Å². The van der Waals surface area contributed by atoms with Crippen LogP contribution in [0.15, 0.2) is 30.6 Å². The zero-order valence-electron chi connectivity index (χ0n) is 14.2. The zero-order chi connectivity index (χ0) is 17.3. The molecule has 2 heterocycles. The van der Waals surface area contributed by atoms with Gasteiger partial charge in [0, 0.05) is 31.0 Å². The smallest absolute Gasteiger partial charge is 0.254 e. The van der Waals surface area contributed by atoms with Crippen molar-refractivity contribution < 1.29 is 13.9 Å². The number of methoxy groups -OCH3 is 1. The summed E-state index contributed by atoms with van der Waals surface area (Å²) in [7, 11) is 1.41. The number of carbonyl (C=O) groups is 1. The summed E-state index contributed by atoms with van der Waals surface area (Å²) in [4.78, 5) is 19.3. The predicted molar refractivity (Wildman–Crippen MR) is 88.4 cm³/mol. The van der Waals surface area contributed by atoms with Crippen molar-refractivity contribution in [1.82, 2.24) is 14.5 Å². The number of hydrogen-bond donors (Lipinski definition) is 0. The molecule has 0 saturated heterocycles. The third kappa shape index (κ3) is 2.88. The van der Waals surface area contributed by atoms with Crippen LogP contribution in [0, 0.1) is 11.7 Å². The molecule has 0 spiro atoms. The first-order chi connectivity index (χ1) is 11.5. The van der Waals surface area contributed by atoms with E-state index >= 15 is 0 Å². The Morgan fingerprint density at radius 2 is 2.17 bits per heavy atom. The number of nitrogens with zero attached hydrogens (tertiary/aromatic N) is 3. The van der Waals surface area contributed by atoms with Gasteiger partial charge in [-0.15, -0.1) is 0 Å². The quantitative estimate of drug-likeness (QED) is 0.867. The van der Waals surface area contributed by atoms with E-state index in [9.17, 15) is 9.18 Å². The Hall–Kier alpha value is -2.37. The molecule has 1 amide bonds. The van der Waals surface area contributed by atoms with E-state index in [1.54, 1.807) is 12.3 Å². The van der Waals surface area contributed by atoms with Crippen molar-refractivity contribution in [3.05, 3.63) is 47.8 Å². The monoisotopic (exact) mass is 331 g/mol. The molecule has 0 radical (unpaired) electrons. The Bertz CT molecular complexity index is 742. The summed E-state index contributed by atoms with van der Waals surface area (Å²) in [6, 6.07) is 4.22. The molecule has 0 N–H and O–H groups in total. The topological polar surface area (TPSA) is 47.4 Å². The van der Waals surface area contributed by atoms with Gasteiger partial charge in [-0.2, -0.15) is 0 Å². The van der Waals surface area contributed by atoms with Gasteiger partial charge < -0.3 is 14.2 Å². The fraction of sp³-hybridized carbons (Fsp3) is 0.444. The van der Waals surface area contributed by atoms with Crippen molar-refractivity contribution in [3.8, 4) is 5.75 Å². The first-order valence-corrected chi connectivity index (χ1v) is 8.18. The summed E-state index contributed by atoms with van der Waals surface area (Å²) in [5.74, 6) is 0.534. The number of ether oxygens (including phenoxy) is 1. The lowest BCUT2D eigenvalue weighted by Crippen LogP contribution is -2.38. The van der Waals surface area contributed by atoms with E-state index < -0.39 is 5.82 Å². The second-order valence-electron chi connectivity index (χ2n) is 6.37. The van der Waals surface area contributed by atoms with Crippen molar-refractivity contribution >= 4 is 5.91 Å². The highest BCUT2D eigenvalue weighted by molar-refractivity contribution is 5.94. The molecule has 1 unspecified atom stereocenters. The highest BCUT2D eigenvalue weighted by atomic mass is 19.1. The van der Waals surface area contributed by atoms with E-state index in [0.717, 1.165) is 18.8 Å². The van der Waals surface area contributed by atoms with Gasteiger partial charge in [0.1, 0.15) is 5.82 Å². The second-order valence-corrected chi connectivity index (χ2v) is 6.37. The molecule has 2 aromatic rings. The van der Waals surface area contributed by atoms with Crippen molar-refractivity contribution in [2.24, 2.45) is 5.92 Å². The first kappa shape index (κ1) is 16.5. The minimum absolute atomic E-state index is 0.125. The second kappa shape index (κ2) is 6.63. The molecule has 128 valence electrons. The van der Waals surface area contributed by atoms with Crippen LogP contribution in [0.5, 0.6) is 5.75 Å². The predicted octanol–water partition coefficient (Wildman–Crippen LogP) is 3.27. The fourth-order valence-electron chi connectivity index (χ4n) is 3.32. The van der Waals surface area contributed by atoms with Gasteiger partial charge in [0.05, 0.1) is 13.2 Å². The van der Waals surface area contributed by atoms with Crippen molar-refractivity contribution in [3.63, 3.8) is 0 Å². The van der Waals surface area contributed by atoms with Crippen molar-refractivity contribution in [2.45, 2.75) is 32.9 Å². The lowest BCUT2D eigenvalue weighted by molar-refractivity contribution is 0.0621. The third-order valence-electron chi connectivity index (χ3n) is 4.44. The number of amides is 1. The maximum absolute atomic E-state index is 14.0. The molecule has 0 bridgehead atoms. The Morgan fingerprint density at radius 3 is 2.83 bits per heavy atom. The number of rotatable bonds is 3. The van der Waals surface area contributed by atoms with Crippen LogP contribution in [0.25, 0.3) is 0 Å². The number of aromatic nitrogens is 2. The average Bonchev–Trinajstić information content (AvgIpc) is 2.93. The fourth-order valence-corrected chi connectivity index (χ4v) is 3.32. The molecule has 1 aromatic carbocycles. The summed E-state index contributed by atoms with van der Waals surface area (Å²) in [6.45, 7) is 5.60. The van der Waals surface area contributed by atoms with Crippen LogP contribution in [0.4, 0.5) is 4.39 Å². The molecule has 24 heavy (non-hydrogen) atoms. The van der Waals surface area contributed by atoms with Gasteiger partial charge in [0.15, 0.2) is 11.6 Å². The third-order valence-corrected chi connectivity index (χ3v) is 4.44. The van der Waals surface area contributed by atoms with Gasteiger partial charge in [0.25, 0.3) is 5.91 Å². The maximum atomic E-state index is 14.0. The Balaban J connectivity index is 1.97. The van der Waals surface area contributed by atoms with Crippen LogP contribution >= 0.6 is 0 Å². The molecule has 1 aliphatic heterocycles. The number of hydrogen-bond acceptors (Lipinski definition) is 3. The Morgan fingerprint density at radius 1 is 1.38 bits per heavy atom. The molecule has 3 rings (SSSR count). The van der Waals surface area contributed by atoms with E-state index in [-0.39, 0.29) is 23.6 Å². The summed E-state index contributed by atoms with van der Waals surface area (Å²) in [5.41, 5.74) is 0.332. The van der Waals surface area contributed by atoms with Gasteiger partial charge in [-0.25, -0.2) is 9.37 Å². The minimum atomic E-state index is -0.527. The Labute approximate surface area is 141 Å². The summed E-state index contributed by atoms with van der Waals surface area (Å²) in [5, 5.41) is 0. The number of carbonyl (C=O) groups excluding carboxylic acids is 1. The molecule has 1 aromatic heterocycles. The van der Waals surface area contributed by atoms with Crippen LogP contribution in [0.2, 0.25) is 0 Å². The largest absolute Gasteiger partial charge is 0.494 e. The van der Waals surface area contributed by atoms with Crippen molar-refractivity contribution in [2.75, 3.05) is 13.7 Å². The normalized spacial score (nSPS) is 17.5. The average molecular weight is 331 g/mol. The molecular formula is C18H22FN3O2. The number of fused-ring (bicyclic) bond motifs is 1. The standard InChI is InChI=1S/C18H22FN3O2/c1-12(2)16-17-20-7-10-21(17)8-4-9-22(16)18(23)13-5-6-15(24-3)14(19)11-13/h5-7,10-12,16H,4,8-9H2,1-3H3. The van der Waals surface area contributed by atoms with Crippen LogP contribution in [-0.2, 0) is 6.54 Å². The summed E-state index contributed by atoms with van der Waals surface area (Å²) < 4.78 is 21.0. The number of halogens is 1. The molecule has 6 heteroatoms. The van der Waals surface area contributed by atoms with Gasteiger partial charge in [-0.05, 0) is 30.5 Å². The van der Waals surface area contributed by atoms with E-state index in [0.29, 0.717) is 12.1 Å². The molecule has 5 nitrogen and oxygen atoms in total. The summed E-state index contributed by atoms with van der Waals surface area (Å²) >= 11 is 0. The summed E-state index contributed by atoms with van der Waals surface area (Å²) in [6.07, 6.45) is 4.56. The molecule has 0 saturated carbocycles. The molecule has 0 aliphatic carbocycles. The highest BCUT2D eigenvalue weighted by Crippen LogP contribution is 2.32. The van der Waals surface area contributed by atoms with Gasteiger partial charge in [-0.1, -0.05) is 13.8 Å². The zero-order valence-corrected chi connectivity index (χ0v) is 14.2. The molecular weight excluding hydrogens is 309 g/mol.